The van der Waals surface area contributed by atoms with Crippen molar-refractivity contribution >= 4 is 67.4 Å². The van der Waals surface area contributed by atoms with E-state index in [1.54, 1.807) is 49.4 Å². The van der Waals surface area contributed by atoms with Crippen molar-refractivity contribution in [2.24, 2.45) is 4.99 Å². The highest BCUT2D eigenvalue weighted by Gasteiger charge is 2.35. The molecular formula is C44H36BrN3O4S. The van der Waals surface area contributed by atoms with Crippen molar-refractivity contribution in [2.45, 2.75) is 19.6 Å². The lowest BCUT2D eigenvalue weighted by atomic mass is 9.99. The molecule has 0 spiro atoms. The van der Waals surface area contributed by atoms with Crippen molar-refractivity contribution in [3.8, 4) is 5.75 Å². The second-order valence-electron chi connectivity index (χ2n) is 12.0. The monoisotopic (exact) mass is 781 g/mol. The molecule has 3 amide bonds. The molecule has 264 valence electrons. The normalized spacial score (nSPS) is 14.2. The van der Waals surface area contributed by atoms with Crippen LogP contribution in [0.1, 0.15) is 35.2 Å². The second-order valence-corrected chi connectivity index (χ2v) is 13.8. The third-order valence-electron chi connectivity index (χ3n) is 8.39. The Morgan fingerprint density at radius 2 is 1.58 bits per heavy atom. The lowest BCUT2D eigenvalue weighted by molar-refractivity contribution is -0.126. The first kappa shape index (κ1) is 37.0. The molecule has 5 aromatic rings. The van der Waals surface area contributed by atoms with Crippen molar-refractivity contribution in [3.05, 3.63) is 190 Å². The number of halogens is 1. The fourth-order valence-corrected chi connectivity index (χ4v) is 7.09. The van der Waals surface area contributed by atoms with Crippen molar-refractivity contribution in [1.29, 1.82) is 0 Å². The third kappa shape index (κ3) is 9.18. The van der Waals surface area contributed by atoms with Gasteiger partial charge in [0.25, 0.3) is 11.8 Å². The third-order valence-corrected chi connectivity index (χ3v) is 9.95. The predicted octanol–water partition coefficient (Wildman–Crippen LogP) is 9.57. The number of amides is 3. The Hall–Kier alpha value is -5.77. The molecule has 9 heteroatoms. The Kier molecular flexibility index (Phi) is 12.3. The molecule has 53 heavy (non-hydrogen) atoms. The van der Waals surface area contributed by atoms with E-state index in [2.05, 4.69) is 57.1 Å². The summed E-state index contributed by atoms with van der Waals surface area (Å²) in [4.78, 5) is 46.7. The van der Waals surface area contributed by atoms with Crippen LogP contribution in [0.3, 0.4) is 0 Å². The highest BCUT2D eigenvalue weighted by atomic mass is 79.9. The maximum atomic E-state index is 14.1. The number of thioether (sulfide) groups is 1. The number of carbonyl (C=O) groups is 3. The quantitative estimate of drug-likeness (QED) is 0.0774. The van der Waals surface area contributed by atoms with Gasteiger partial charge in [-0.3, -0.25) is 19.3 Å². The average molecular weight is 783 g/mol. The first-order valence-corrected chi connectivity index (χ1v) is 18.7. The van der Waals surface area contributed by atoms with Crippen LogP contribution in [0.5, 0.6) is 5.75 Å². The molecule has 7 nitrogen and oxygen atoms in total. The molecule has 0 unspecified atom stereocenters. The van der Waals surface area contributed by atoms with Crippen LogP contribution in [0.15, 0.2) is 173 Å². The fourth-order valence-electron chi connectivity index (χ4n) is 5.77. The topological polar surface area (TPSA) is 88.1 Å². The number of ether oxygens (including phenoxy) is 1. The van der Waals surface area contributed by atoms with Gasteiger partial charge in [0.15, 0.2) is 5.17 Å². The molecule has 0 radical (unpaired) electrons. The van der Waals surface area contributed by atoms with Crippen molar-refractivity contribution < 1.29 is 19.1 Å². The zero-order valence-electron chi connectivity index (χ0n) is 28.9. The predicted molar refractivity (Wildman–Crippen MR) is 218 cm³/mol. The van der Waals surface area contributed by atoms with Gasteiger partial charge in [0.05, 0.1) is 16.3 Å². The van der Waals surface area contributed by atoms with Crippen LogP contribution in [-0.2, 0) is 21.0 Å². The Morgan fingerprint density at radius 3 is 2.25 bits per heavy atom. The smallest absolute Gasteiger partial charge is 0.285 e. The summed E-state index contributed by atoms with van der Waals surface area (Å²) in [5.74, 6) is -1.01. The number of amidine groups is 1. The number of hydrogen-bond acceptors (Lipinski definition) is 5. The minimum atomic E-state index is -0.698. The van der Waals surface area contributed by atoms with E-state index in [1.807, 2.05) is 78.9 Å². The zero-order chi connectivity index (χ0) is 37.2. The maximum Gasteiger partial charge on any atom is 0.285 e. The Morgan fingerprint density at radius 1 is 0.906 bits per heavy atom. The van der Waals surface area contributed by atoms with Gasteiger partial charge in [0.2, 0.25) is 5.91 Å². The molecule has 1 N–H and O–H groups in total. The molecule has 5 aromatic carbocycles. The average Bonchev–Trinajstić information content (AvgIpc) is 3.19. The summed E-state index contributed by atoms with van der Waals surface area (Å²) in [6.07, 6.45) is 8.23. The molecule has 1 aliphatic heterocycles. The Balaban J connectivity index is 1.20. The minimum Gasteiger partial charge on any atom is -0.488 e. The Labute approximate surface area is 321 Å². The van der Waals surface area contributed by atoms with Crippen LogP contribution in [0, 0.1) is 0 Å². The largest absolute Gasteiger partial charge is 0.488 e. The highest BCUT2D eigenvalue weighted by Crippen LogP contribution is 2.31. The highest BCUT2D eigenvalue weighted by molar-refractivity contribution is 9.10. The van der Waals surface area contributed by atoms with E-state index >= 15 is 0 Å². The standard InChI is InChI=1S/C44H36BrN3O4S/c1-3-5-20-36(4-2)48-43(51)37(26-30-22-24-39(38(45)27-30)52-28-31-21-23-32-14-12-13-19-35(32)25-31)42(50)47-44(48)53-29-40(49)46-41(33-15-8-6-9-16-33)34-17-10-7-11-18-34/h3-27,41H,1,28-29H2,2H3,(H,46,49)/b20-5-,36-4+,37-26+. The molecular weight excluding hydrogens is 746 g/mol. The molecule has 0 saturated carbocycles. The lowest BCUT2D eigenvalue weighted by Crippen LogP contribution is -2.42. The summed E-state index contributed by atoms with van der Waals surface area (Å²) in [6.45, 7) is 5.89. The van der Waals surface area contributed by atoms with E-state index in [0.29, 0.717) is 28.1 Å². The molecule has 1 aliphatic rings. The van der Waals surface area contributed by atoms with E-state index in [0.717, 1.165) is 39.2 Å². The number of aliphatic imine (C=N–C) groups is 1. The van der Waals surface area contributed by atoms with E-state index in [9.17, 15) is 14.4 Å². The first-order chi connectivity index (χ1) is 25.8. The molecule has 6 rings (SSSR count). The van der Waals surface area contributed by atoms with E-state index in [1.165, 1.54) is 11.0 Å². The van der Waals surface area contributed by atoms with Gasteiger partial charge in [-0.15, -0.1) is 0 Å². The van der Waals surface area contributed by atoms with Crippen LogP contribution >= 0.6 is 27.7 Å². The van der Waals surface area contributed by atoms with Crippen molar-refractivity contribution in [2.75, 3.05) is 5.75 Å². The van der Waals surface area contributed by atoms with Crippen LogP contribution in [-0.4, -0.2) is 33.5 Å². The summed E-state index contributed by atoms with van der Waals surface area (Å²) in [5.41, 5.74) is 3.85. The molecule has 0 atom stereocenters. The molecule has 0 bridgehead atoms. The number of benzene rings is 5. The number of allylic oxidation sites excluding steroid dienone is 4. The van der Waals surface area contributed by atoms with Crippen LogP contribution in [0.2, 0.25) is 0 Å². The van der Waals surface area contributed by atoms with Crippen LogP contribution < -0.4 is 10.1 Å². The van der Waals surface area contributed by atoms with Gasteiger partial charge in [-0.05, 0) is 86.2 Å². The summed E-state index contributed by atoms with van der Waals surface area (Å²) in [5, 5.41) is 5.51. The van der Waals surface area contributed by atoms with Crippen LogP contribution in [0.4, 0.5) is 0 Å². The van der Waals surface area contributed by atoms with Gasteiger partial charge in [-0.25, -0.2) is 0 Å². The van der Waals surface area contributed by atoms with E-state index in [4.69, 9.17) is 4.74 Å². The second kappa shape index (κ2) is 17.6. The zero-order valence-corrected chi connectivity index (χ0v) is 31.3. The van der Waals surface area contributed by atoms with Gasteiger partial charge in [0.1, 0.15) is 17.9 Å². The maximum absolute atomic E-state index is 14.1. The number of nitrogens with zero attached hydrogens (tertiary/aromatic N) is 2. The SMILES string of the molecule is C=C/C=C\C(=C/C)N1C(=O)/C(=C/c2ccc(OCc3ccc4ccccc4c3)c(Br)c2)C(=O)N=C1SCC(=O)NC(c1ccccc1)c1ccccc1. The molecule has 1 heterocycles. The summed E-state index contributed by atoms with van der Waals surface area (Å²) in [7, 11) is 0. The van der Waals surface area contributed by atoms with E-state index in [-0.39, 0.29) is 28.4 Å². The van der Waals surface area contributed by atoms with Gasteiger partial charge < -0.3 is 10.1 Å². The Bertz CT molecular complexity index is 2240. The molecule has 0 aliphatic carbocycles. The molecule has 0 saturated heterocycles. The van der Waals surface area contributed by atoms with E-state index < -0.39 is 11.8 Å². The fraction of sp³-hybridized carbons (Fsp3) is 0.0909. The van der Waals surface area contributed by atoms with Gasteiger partial charge in [-0.2, -0.15) is 4.99 Å². The van der Waals surface area contributed by atoms with Crippen molar-refractivity contribution in [3.63, 3.8) is 0 Å². The minimum absolute atomic E-state index is 0.0825. The van der Waals surface area contributed by atoms with Gasteiger partial charge >= 0.3 is 0 Å². The van der Waals surface area contributed by atoms with Crippen molar-refractivity contribution in [1.82, 2.24) is 10.2 Å². The van der Waals surface area contributed by atoms with Gasteiger partial charge in [-0.1, -0.05) is 140 Å². The lowest BCUT2D eigenvalue weighted by Gasteiger charge is -2.28. The number of rotatable bonds is 12. The first-order valence-electron chi connectivity index (χ1n) is 16.9. The summed E-state index contributed by atoms with van der Waals surface area (Å²) in [6, 6.07) is 38.7. The molecule has 0 aromatic heterocycles. The van der Waals surface area contributed by atoms with Gasteiger partial charge in [0, 0.05) is 5.70 Å². The number of carbonyl (C=O) groups excluding carboxylic acids is 3. The summed E-state index contributed by atoms with van der Waals surface area (Å²) >= 11 is 4.61. The number of hydrogen-bond donors (Lipinski definition) is 1. The van der Waals surface area contributed by atoms with Crippen LogP contribution in [0.25, 0.3) is 16.8 Å². The number of fused-ring (bicyclic) bond motifs is 1. The number of nitrogens with one attached hydrogen (secondary N) is 1. The molecule has 0 fully saturated rings. The summed E-state index contributed by atoms with van der Waals surface area (Å²) < 4.78 is 6.77.